The first-order chi connectivity index (χ1) is 13.5. The Balaban J connectivity index is 1.80. The van der Waals surface area contributed by atoms with E-state index in [-0.39, 0.29) is 35.9 Å². The predicted molar refractivity (Wildman–Crippen MR) is 97.7 cm³/mol. The Kier molecular flexibility index (Phi) is 5.41. The zero-order valence-corrected chi connectivity index (χ0v) is 14.8. The highest BCUT2D eigenvalue weighted by Gasteiger charge is 2.23. The van der Waals surface area contributed by atoms with Gasteiger partial charge in [-0.05, 0) is 29.8 Å². The minimum Gasteiger partial charge on any atom is -0.497 e. The predicted octanol–water partition coefficient (Wildman–Crippen LogP) is 2.56. The second-order valence-electron chi connectivity index (χ2n) is 5.72. The van der Waals surface area contributed by atoms with Crippen LogP contribution in [0.25, 0.3) is 6.08 Å². The summed E-state index contributed by atoms with van der Waals surface area (Å²) < 4.78 is 15.4. The number of carbonyl (C=O) groups is 1. The van der Waals surface area contributed by atoms with E-state index < -0.39 is 10.8 Å². The van der Waals surface area contributed by atoms with Crippen LogP contribution >= 0.6 is 0 Å². The van der Waals surface area contributed by atoms with Crippen LogP contribution in [0.1, 0.15) is 11.1 Å². The molecule has 1 aliphatic rings. The molecule has 1 aliphatic heterocycles. The maximum atomic E-state index is 12.3. The van der Waals surface area contributed by atoms with Crippen molar-refractivity contribution in [2.24, 2.45) is 0 Å². The summed E-state index contributed by atoms with van der Waals surface area (Å²) in [6.07, 6.45) is 1.16. The average Bonchev–Trinajstić information content (AvgIpc) is 3.17. The molecule has 1 amide bonds. The Morgan fingerprint density at radius 3 is 2.61 bits per heavy atom. The van der Waals surface area contributed by atoms with Crippen LogP contribution in [-0.4, -0.2) is 24.7 Å². The van der Waals surface area contributed by atoms with Crippen LogP contribution < -0.4 is 19.5 Å². The number of rotatable bonds is 6. The van der Waals surface area contributed by atoms with Gasteiger partial charge in [0.15, 0.2) is 11.5 Å². The molecule has 1 N–H and O–H groups in total. The third-order valence-corrected chi connectivity index (χ3v) is 4.00. The van der Waals surface area contributed by atoms with Gasteiger partial charge >= 0.3 is 0 Å². The minimum absolute atomic E-state index is 0.0485. The molecule has 142 valence electrons. The first-order valence-corrected chi connectivity index (χ1v) is 8.12. The van der Waals surface area contributed by atoms with Crippen molar-refractivity contribution in [3.63, 3.8) is 0 Å². The molecule has 9 nitrogen and oxygen atoms in total. The Morgan fingerprint density at radius 1 is 1.32 bits per heavy atom. The van der Waals surface area contributed by atoms with Crippen molar-refractivity contribution >= 4 is 17.7 Å². The molecule has 0 aliphatic carbocycles. The van der Waals surface area contributed by atoms with E-state index in [1.54, 1.807) is 37.4 Å². The van der Waals surface area contributed by atoms with E-state index in [0.717, 1.165) is 11.6 Å². The molecule has 2 aromatic carbocycles. The molecule has 0 saturated heterocycles. The number of nitriles is 1. The van der Waals surface area contributed by atoms with Gasteiger partial charge in [-0.3, -0.25) is 14.9 Å². The fourth-order valence-electron chi connectivity index (χ4n) is 2.55. The van der Waals surface area contributed by atoms with E-state index in [4.69, 9.17) is 14.2 Å². The van der Waals surface area contributed by atoms with Gasteiger partial charge in [0.1, 0.15) is 17.4 Å². The van der Waals surface area contributed by atoms with Gasteiger partial charge in [-0.1, -0.05) is 12.1 Å². The molecule has 3 rings (SSSR count). The van der Waals surface area contributed by atoms with Crippen molar-refractivity contribution in [2.45, 2.75) is 6.54 Å². The average molecular weight is 381 g/mol. The maximum absolute atomic E-state index is 12.3. The van der Waals surface area contributed by atoms with Crippen molar-refractivity contribution in [1.29, 1.82) is 5.26 Å². The normalized spacial score (nSPS) is 12.2. The maximum Gasteiger partial charge on any atom is 0.280 e. The standard InChI is InChI=1S/C19H15N3O6/c1-26-15-4-2-12(3-5-15)10-21-19(23)14(9-20)6-13-7-17-18(28-11-27-17)8-16(13)22(24)25/h2-8H,10-11H2,1H3,(H,21,23)/b14-6+. The number of nitrogens with zero attached hydrogens (tertiary/aromatic N) is 2. The molecular weight excluding hydrogens is 366 g/mol. The van der Waals surface area contributed by atoms with Gasteiger partial charge < -0.3 is 19.5 Å². The van der Waals surface area contributed by atoms with Crippen LogP contribution in [0.5, 0.6) is 17.2 Å². The lowest BCUT2D eigenvalue weighted by Crippen LogP contribution is -2.23. The van der Waals surface area contributed by atoms with E-state index in [0.29, 0.717) is 11.5 Å². The number of nitro groups is 1. The Bertz CT molecular complexity index is 992. The number of hydrogen-bond donors (Lipinski definition) is 1. The summed E-state index contributed by atoms with van der Waals surface area (Å²) in [5.41, 5.74) is 0.321. The molecule has 2 aromatic rings. The topological polar surface area (TPSA) is 124 Å². The highest BCUT2D eigenvalue weighted by Crippen LogP contribution is 2.38. The second-order valence-corrected chi connectivity index (χ2v) is 5.72. The first-order valence-electron chi connectivity index (χ1n) is 8.12. The van der Waals surface area contributed by atoms with Crippen molar-refractivity contribution in [3.8, 4) is 23.3 Å². The number of methoxy groups -OCH3 is 1. The molecule has 0 saturated carbocycles. The molecule has 28 heavy (non-hydrogen) atoms. The quantitative estimate of drug-likeness (QED) is 0.353. The fourth-order valence-corrected chi connectivity index (χ4v) is 2.55. The number of amides is 1. The Hall–Kier alpha value is -4.06. The number of benzene rings is 2. The molecule has 0 unspecified atom stereocenters. The summed E-state index contributed by atoms with van der Waals surface area (Å²) >= 11 is 0. The lowest BCUT2D eigenvalue weighted by molar-refractivity contribution is -0.385. The number of fused-ring (bicyclic) bond motifs is 1. The summed E-state index contributed by atoms with van der Waals surface area (Å²) in [5.74, 6) is 0.590. The van der Waals surface area contributed by atoms with Crippen LogP contribution in [0.4, 0.5) is 5.69 Å². The summed E-state index contributed by atoms with van der Waals surface area (Å²) in [6.45, 7) is 0.137. The minimum atomic E-state index is -0.648. The number of nitrogens with one attached hydrogen (secondary N) is 1. The van der Waals surface area contributed by atoms with Gasteiger partial charge in [0, 0.05) is 6.54 Å². The van der Waals surface area contributed by atoms with Crippen molar-refractivity contribution < 1.29 is 23.9 Å². The van der Waals surface area contributed by atoms with E-state index >= 15 is 0 Å². The van der Waals surface area contributed by atoms with Gasteiger partial charge in [-0.15, -0.1) is 0 Å². The lowest BCUT2D eigenvalue weighted by atomic mass is 10.1. The summed E-state index contributed by atoms with van der Waals surface area (Å²) in [6, 6.07) is 11.4. The molecule has 1 heterocycles. The van der Waals surface area contributed by atoms with Gasteiger partial charge in [0.05, 0.1) is 23.7 Å². The molecule has 0 fully saturated rings. The van der Waals surface area contributed by atoms with E-state index in [9.17, 15) is 20.2 Å². The molecule has 0 spiro atoms. The largest absolute Gasteiger partial charge is 0.497 e. The van der Waals surface area contributed by atoms with Crippen molar-refractivity contribution in [3.05, 3.63) is 63.2 Å². The highest BCUT2D eigenvalue weighted by atomic mass is 16.7. The number of hydrogen-bond acceptors (Lipinski definition) is 7. The van der Waals surface area contributed by atoms with E-state index in [2.05, 4.69) is 5.32 Å². The van der Waals surface area contributed by atoms with Crippen molar-refractivity contribution in [1.82, 2.24) is 5.32 Å². The van der Waals surface area contributed by atoms with Crippen LogP contribution in [0.3, 0.4) is 0 Å². The van der Waals surface area contributed by atoms with Gasteiger partial charge in [0.25, 0.3) is 11.6 Å². The smallest absolute Gasteiger partial charge is 0.280 e. The zero-order chi connectivity index (χ0) is 20.1. The molecular formula is C19H15N3O6. The van der Waals surface area contributed by atoms with Crippen LogP contribution in [-0.2, 0) is 11.3 Å². The highest BCUT2D eigenvalue weighted by molar-refractivity contribution is 6.02. The Morgan fingerprint density at radius 2 is 2.00 bits per heavy atom. The van der Waals surface area contributed by atoms with E-state index in [1.165, 1.54) is 12.1 Å². The van der Waals surface area contributed by atoms with E-state index in [1.807, 2.05) is 0 Å². The fraction of sp³-hybridized carbons (Fsp3) is 0.158. The van der Waals surface area contributed by atoms with Gasteiger partial charge in [0.2, 0.25) is 6.79 Å². The summed E-state index contributed by atoms with van der Waals surface area (Å²) in [4.78, 5) is 23.0. The molecule has 0 radical (unpaired) electrons. The lowest BCUT2D eigenvalue weighted by Gasteiger charge is -2.06. The number of ether oxygens (including phenoxy) is 3. The molecule has 0 atom stereocenters. The van der Waals surface area contributed by atoms with Crippen LogP contribution in [0.15, 0.2) is 42.0 Å². The molecule has 9 heteroatoms. The summed E-state index contributed by atoms with van der Waals surface area (Å²) in [5, 5.41) is 23.2. The number of carbonyl (C=O) groups excluding carboxylic acids is 1. The SMILES string of the molecule is COc1ccc(CNC(=O)/C(C#N)=C/c2cc3c(cc2[N+](=O)[O-])OCO3)cc1. The van der Waals surface area contributed by atoms with Crippen molar-refractivity contribution in [2.75, 3.05) is 13.9 Å². The molecule has 0 bridgehead atoms. The number of nitro benzene ring substituents is 1. The second kappa shape index (κ2) is 8.09. The van der Waals surface area contributed by atoms with Crippen LogP contribution in [0, 0.1) is 21.4 Å². The first kappa shape index (κ1) is 18.7. The molecule has 0 aromatic heterocycles. The zero-order valence-electron chi connectivity index (χ0n) is 14.8. The van der Waals surface area contributed by atoms with Crippen LogP contribution in [0.2, 0.25) is 0 Å². The van der Waals surface area contributed by atoms with Gasteiger partial charge in [-0.2, -0.15) is 5.26 Å². The monoisotopic (exact) mass is 381 g/mol. The third-order valence-electron chi connectivity index (χ3n) is 4.00. The van der Waals surface area contributed by atoms with Gasteiger partial charge in [-0.25, -0.2) is 0 Å². The third kappa shape index (κ3) is 4.02. The Labute approximate surface area is 159 Å². The summed E-state index contributed by atoms with van der Waals surface area (Å²) in [7, 11) is 1.55.